The Hall–Kier alpha value is -3.64. The molecule has 3 aromatic rings. The highest BCUT2D eigenvalue weighted by atomic mass is 79.9. The van der Waals surface area contributed by atoms with Crippen LogP contribution in [0.25, 0.3) is 0 Å². The summed E-state index contributed by atoms with van der Waals surface area (Å²) in [6, 6.07) is 14.2. The number of aliphatic imine (C=N–C) groups is 1. The van der Waals surface area contributed by atoms with Gasteiger partial charge in [0.05, 0.1) is 24.9 Å². The molecule has 1 fully saturated rings. The molecule has 0 saturated carbocycles. The van der Waals surface area contributed by atoms with E-state index in [1.54, 1.807) is 42.2 Å². The van der Waals surface area contributed by atoms with Crippen molar-refractivity contribution in [2.24, 2.45) is 17.8 Å². The van der Waals surface area contributed by atoms with Crippen LogP contribution in [0, 0.1) is 0 Å². The lowest BCUT2D eigenvalue weighted by molar-refractivity contribution is -0.129. The Morgan fingerprint density at radius 3 is 2.70 bits per heavy atom. The van der Waals surface area contributed by atoms with Crippen LogP contribution in [0.1, 0.15) is 27.9 Å². The van der Waals surface area contributed by atoms with E-state index < -0.39 is 11.2 Å². The Morgan fingerprint density at radius 2 is 2.00 bits per heavy atom. The van der Waals surface area contributed by atoms with Gasteiger partial charge >= 0.3 is 0 Å². The first-order valence-corrected chi connectivity index (χ1v) is 12.9. The highest BCUT2D eigenvalue weighted by molar-refractivity contribution is 9.10. The number of methoxy groups -OCH3 is 1. The van der Waals surface area contributed by atoms with Crippen LogP contribution in [-0.2, 0) is 29.7 Å². The number of ether oxygens (including phenoxy) is 1. The molecule has 37 heavy (non-hydrogen) atoms. The second-order valence-electron chi connectivity index (χ2n) is 8.28. The molecular weight excluding hydrogens is 560 g/mol. The van der Waals surface area contributed by atoms with E-state index in [2.05, 4.69) is 31.3 Å². The molecule has 1 aliphatic heterocycles. The van der Waals surface area contributed by atoms with Crippen molar-refractivity contribution >= 4 is 56.3 Å². The Morgan fingerprint density at radius 1 is 1.24 bits per heavy atom. The van der Waals surface area contributed by atoms with Crippen LogP contribution in [0.2, 0.25) is 0 Å². The topological polar surface area (TPSA) is 132 Å². The molecule has 12 heteroatoms. The molecule has 0 radical (unpaired) electrons. The van der Waals surface area contributed by atoms with Crippen LogP contribution in [0.4, 0.5) is 5.69 Å². The predicted octanol–water partition coefficient (Wildman–Crippen LogP) is 3.13. The molecular formula is C25H25BrN6O4S. The molecule has 2 aromatic carbocycles. The summed E-state index contributed by atoms with van der Waals surface area (Å²) in [5.74, 6) is -0.676. The van der Waals surface area contributed by atoms with Gasteiger partial charge in [-0.1, -0.05) is 45.9 Å². The fraction of sp³-hybridized carbons (Fsp3) is 0.240. The van der Waals surface area contributed by atoms with Gasteiger partial charge in [0.1, 0.15) is 5.25 Å². The number of nitrogens with one attached hydrogen (secondary N) is 1. The molecule has 1 aliphatic rings. The monoisotopic (exact) mass is 584 g/mol. The molecule has 1 aromatic heterocycles. The Kier molecular flexibility index (Phi) is 8.29. The number of nitrogens with zero attached hydrogens (tertiary/aromatic N) is 4. The fourth-order valence-electron chi connectivity index (χ4n) is 3.72. The van der Waals surface area contributed by atoms with Gasteiger partial charge in [-0.05, 0) is 35.9 Å². The minimum Gasteiger partial charge on any atom is -0.480 e. The number of carbonyl (C=O) groups is 3. The van der Waals surface area contributed by atoms with E-state index in [-0.39, 0.29) is 24.8 Å². The van der Waals surface area contributed by atoms with Crippen molar-refractivity contribution in [2.75, 3.05) is 7.11 Å². The third-order valence-electron chi connectivity index (χ3n) is 5.54. The molecule has 4 rings (SSSR count). The highest BCUT2D eigenvalue weighted by Gasteiger charge is 2.39. The van der Waals surface area contributed by atoms with Crippen molar-refractivity contribution in [2.45, 2.75) is 24.8 Å². The number of hydrogen-bond acceptors (Lipinski definition) is 7. The number of thioether (sulfide) groups is 1. The van der Waals surface area contributed by atoms with Gasteiger partial charge in [-0.3, -0.25) is 24.0 Å². The summed E-state index contributed by atoms with van der Waals surface area (Å²) in [6.45, 7) is 0.517. The zero-order valence-corrected chi connectivity index (χ0v) is 22.6. The zero-order chi connectivity index (χ0) is 26.5. The molecule has 3 amide bonds. The lowest BCUT2D eigenvalue weighted by Gasteiger charge is -2.16. The number of carbonyl (C=O) groups excluding carboxylic acids is 3. The largest absolute Gasteiger partial charge is 0.480 e. The smallest absolute Gasteiger partial charge is 0.248 e. The Labute approximate surface area is 226 Å². The maximum atomic E-state index is 13.4. The molecule has 0 spiro atoms. The molecule has 192 valence electrons. The molecule has 0 aliphatic carbocycles. The second-order valence-corrected chi connectivity index (χ2v) is 10.4. The first kappa shape index (κ1) is 26.4. The van der Waals surface area contributed by atoms with Crippen molar-refractivity contribution in [3.63, 3.8) is 0 Å². The standard InChI is InChI=1S/C25H25BrN6O4S/c1-31-13-17(23(30-31)36-2)14-32-24(35)20(11-21(33)28-12-15-6-8-18(26)9-7-15)37-25(32)29-19-5-3-4-16(10-19)22(27)34/h3-10,13,20H,11-12,14H2,1-2H3,(H2,27,34)(H,28,33). The van der Waals surface area contributed by atoms with Gasteiger partial charge in [0, 0.05) is 36.2 Å². The Bertz CT molecular complexity index is 1360. The van der Waals surface area contributed by atoms with Gasteiger partial charge in [0.25, 0.3) is 0 Å². The highest BCUT2D eigenvalue weighted by Crippen LogP contribution is 2.34. The molecule has 1 saturated heterocycles. The minimum atomic E-state index is -0.661. The first-order valence-electron chi connectivity index (χ1n) is 11.3. The predicted molar refractivity (Wildman–Crippen MR) is 144 cm³/mol. The summed E-state index contributed by atoms with van der Waals surface area (Å²) in [7, 11) is 3.27. The van der Waals surface area contributed by atoms with E-state index >= 15 is 0 Å². The summed E-state index contributed by atoms with van der Waals surface area (Å²) in [5, 5.41) is 6.87. The van der Waals surface area contributed by atoms with Crippen molar-refractivity contribution in [3.8, 4) is 5.88 Å². The number of amides is 3. The summed E-state index contributed by atoms with van der Waals surface area (Å²) >= 11 is 4.59. The summed E-state index contributed by atoms with van der Waals surface area (Å²) in [4.78, 5) is 43.9. The van der Waals surface area contributed by atoms with Gasteiger partial charge in [-0.25, -0.2) is 4.99 Å². The van der Waals surface area contributed by atoms with Crippen LogP contribution in [0.3, 0.4) is 0 Å². The fourth-order valence-corrected chi connectivity index (χ4v) is 5.14. The number of primary amides is 1. The number of benzene rings is 2. The molecule has 10 nitrogen and oxygen atoms in total. The lowest BCUT2D eigenvalue weighted by atomic mass is 10.2. The SMILES string of the molecule is COc1nn(C)cc1CN1C(=O)C(CC(=O)NCc2ccc(Br)cc2)SC1=Nc1cccc(C(N)=O)c1. The van der Waals surface area contributed by atoms with Crippen LogP contribution in [0.5, 0.6) is 5.88 Å². The van der Waals surface area contributed by atoms with Gasteiger partial charge in [-0.15, -0.1) is 5.10 Å². The van der Waals surface area contributed by atoms with E-state index in [0.29, 0.717) is 34.4 Å². The van der Waals surface area contributed by atoms with Gasteiger partial charge in [0.2, 0.25) is 23.6 Å². The van der Waals surface area contributed by atoms with Crippen molar-refractivity contribution < 1.29 is 19.1 Å². The average Bonchev–Trinajstić information content (AvgIpc) is 3.37. The minimum absolute atomic E-state index is 0.0128. The molecule has 1 unspecified atom stereocenters. The van der Waals surface area contributed by atoms with E-state index in [0.717, 1.165) is 10.0 Å². The third-order valence-corrected chi connectivity index (χ3v) is 7.24. The average molecular weight is 585 g/mol. The zero-order valence-electron chi connectivity index (χ0n) is 20.2. The number of aryl methyl sites for hydroxylation is 1. The number of amidine groups is 1. The maximum Gasteiger partial charge on any atom is 0.248 e. The van der Waals surface area contributed by atoms with Crippen molar-refractivity contribution in [1.29, 1.82) is 0 Å². The normalized spacial score (nSPS) is 16.3. The van der Waals surface area contributed by atoms with Crippen LogP contribution < -0.4 is 15.8 Å². The number of nitrogens with two attached hydrogens (primary N) is 1. The van der Waals surface area contributed by atoms with Crippen molar-refractivity contribution in [3.05, 3.63) is 75.9 Å². The maximum absolute atomic E-state index is 13.4. The second kappa shape index (κ2) is 11.6. The quantitative estimate of drug-likeness (QED) is 0.397. The molecule has 1 atom stereocenters. The number of halogens is 1. The van der Waals surface area contributed by atoms with Gasteiger partial charge in [0.15, 0.2) is 5.17 Å². The molecule has 3 N–H and O–H groups in total. The van der Waals surface area contributed by atoms with Crippen LogP contribution >= 0.6 is 27.7 Å². The number of rotatable bonds is 9. The molecule has 2 heterocycles. The van der Waals surface area contributed by atoms with Crippen LogP contribution in [0.15, 0.2) is 64.2 Å². The Balaban J connectivity index is 1.55. The first-order chi connectivity index (χ1) is 17.7. The number of aromatic nitrogens is 2. The van der Waals surface area contributed by atoms with Crippen LogP contribution in [-0.4, -0.2) is 49.9 Å². The lowest BCUT2D eigenvalue weighted by Crippen LogP contribution is -2.34. The number of hydrogen-bond donors (Lipinski definition) is 2. The van der Waals surface area contributed by atoms with Gasteiger partial charge in [-0.2, -0.15) is 0 Å². The van der Waals surface area contributed by atoms with E-state index in [1.165, 1.54) is 23.8 Å². The van der Waals surface area contributed by atoms with Gasteiger partial charge < -0.3 is 15.8 Å². The van der Waals surface area contributed by atoms with Crippen molar-refractivity contribution in [1.82, 2.24) is 20.0 Å². The summed E-state index contributed by atoms with van der Waals surface area (Å²) in [6.07, 6.45) is 1.75. The third kappa shape index (κ3) is 6.57. The van der Waals surface area contributed by atoms with E-state index in [4.69, 9.17) is 10.5 Å². The van der Waals surface area contributed by atoms with E-state index in [9.17, 15) is 14.4 Å². The van der Waals surface area contributed by atoms with E-state index in [1.807, 2.05) is 24.3 Å². The molecule has 0 bridgehead atoms. The summed E-state index contributed by atoms with van der Waals surface area (Å²) in [5.41, 5.74) is 7.82. The summed E-state index contributed by atoms with van der Waals surface area (Å²) < 4.78 is 7.90.